The van der Waals surface area contributed by atoms with Crippen LogP contribution in [0.1, 0.15) is 36.0 Å². The lowest BCUT2D eigenvalue weighted by atomic mass is 10.1. The van der Waals surface area contributed by atoms with Crippen molar-refractivity contribution in [2.45, 2.75) is 31.8 Å². The highest BCUT2D eigenvalue weighted by Gasteiger charge is 2.24. The molecule has 2 amide bonds. The Morgan fingerprint density at radius 3 is 2.25 bits per heavy atom. The Balaban J connectivity index is 0.00000392. The normalized spacial score (nSPS) is 14.6. The molecule has 1 fully saturated rings. The van der Waals surface area contributed by atoms with Crippen LogP contribution < -0.4 is 20.5 Å². The smallest absolute Gasteiger partial charge is 0.256 e. The molecule has 0 aliphatic carbocycles. The van der Waals surface area contributed by atoms with Crippen LogP contribution in [0.25, 0.3) is 0 Å². The molecule has 9 heteroatoms. The maximum atomic E-state index is 13.0. The van der Waals surface area contributed by atoms with Crippen molar-refractivity contribution in [2.24, 2.45) is 5.73 Å². The topological polar surface area (TPSA) is 103 Å². The molecule has 0 saturated carbocycles. The summed E-state index contributed by atoms with van der Waals surface area (Å²) >= 11 is 0. The number of carbonyl (C=O) groups is 2. The number of halogens is 1. The van der Waals surface area contributed by atoms with Gasteiger partial charge in [0.15, 0.2) is 11.5 Å². The standard InChI is InChI=1S/C19H29N3O5.ClH/c1-25-13(12-20)9-18(23)21-15-11-17(27-3)16(26-2)10-14(15)19(24)22-7-5-4-6-8-22;/h10-11,13H,4-9,12,20H2,1-3H3,(H,21,23);1H. The fourth-order valence-electron chi connectivity index (χ4n) is 3.10. The molecule has 1 unspecified atom stereocenters. The molecule has 8 nitrogen and oxygen atoms in total. The third-order valence-corrected chi connectivity index (χ3v) is 4.68. The first kappa shape index (κ1) is 24.0. The number of carbonyl (C=O) groups excluding carboxylic acids is 2. The summed E-state index contributed by atoms with van der Waals surface area (Å²) in [6.45, 7) is 1.65. The van der Waals surface area contributed by atoms with Crippen LogP contribution in [-0.2, 0) is 9.53 Å². The quantitative estimate of drug-likeness (QED) is 0.673. The first-order valence-electron chi connectivity index (χ1n) is 9.12. The van der Waals surface area contributed by atoms with E-state index < -0.39 is 0 Å². The van der Waals surface area contributed by atoms with Crippen LogP contribution in [0.2, 0.25) is 0 Å². The number of piperidine rings is 1. The maximum absolute atomic E-state index is 13.0. The number of amides is 2. The number of nitrogens with one attached hydrogen (secondary N) is 1. The van der Waals surface area contributed by atoms with Crippen molar-refractivity contribution in [3.63, 3.8) is 0 Å². The van der Waals surface area contributed by atoms with E-state index in [-0.39, 0.29) is 43.3 Å². The molecule has 28 heavy (non-hydrogen) atoms. The summed E-state index contributed by atoms with van der Waals surface area (Å²) in [6.07, 6.45) is 2.79. The summed E-state index contributed by atoms with van der Waals surface area (Å²) in [5.41, 5.74) is 6.35. The van der Waals surface area contributed by atoms with Gasteiger partial charge in [-0.25, -0.2) is 0 Å². The Morgan fingerprint density at radius 2 is 1.71 bits per heavy atom. The van der Waals surface area contributed by atoms with Gasteiger partial charge in [-0.15, -0.1) is 12.4 Å². The van der Waals surface area contributed by atoms with Crippen LogP contribution in [0, 0.1) is 0 Å². The van der Waals surface area contributed by atoms with Gasteiger partial charge in [-0.05, 0) is 25.3 Å². The number of rotatable bonds is 8. The maximum Gasteiger partial charge on any atom is 0.256 e. The molecule has 0 aromatic heterocycles. The fraction of sp³-hybridized carbons (Fsp3) is 0.579. The summed E-state index contributed by atoms with van der Waals surface area (Å²) in [7, 11) is 4.52. The molecule has 0 spiro atoms. The van der Waals surface area contributed by atoms with Crippen molar-refractivity contribution in [2.75, 3.05) is 46.3 Å². The predicted octanol–water partition coefficient (Wildman–Crippen LogP) is 2.05. The zero-order chi connectivity index (χ0) is 19.8. The van der Waals surface area contributed by atoms with Gasteiger partial charge in [0, 0.05) is 32.8 Å². The van der Waals surface area contributed by atoms with Gasteiger partial charge in [0.25, 0.3) is 5.91 Å². The Morgan fingerprint density at radius 1 is 1.11 bits per heavy atom. The molecule has 1 atom stereocenters. The fourth-order valence-corrected chi connectivity index (χ4v) is 3.10. The van der Waals surface area contributed by atoms with Gasteiger partial charge >= 0.3 is 0 Å². The third kappa shape index (κ3) is 5.98. The van der Waals surface area contributed by atoms with E-state index in [0.717, 1.165) is 19.3 Å². The highest BCUT2D eigenvalue weighted by molar-refractivity contribution is 6.04. The van der Waals surface area contributed by atoms with Crippen LogP contribution in [-0.4, -0.2) is 63.8 Å². The van der Waals surface area contributed by atoms with Crippen molar-refractivity contribution in [3.8, 4) is 11.5 Å². The van der Waals surface area contributed by atoms with Crippen molar-refractivity contribution in [1.29, 1.82) is 0 Å². The Hall–Kier alpha value is -2.03. The van der Waals surface area contributed by atoms with Crippen molar-refractivity contribution in [3.05, 3.63) is 17.7 Å². The number of benzene rings is 1. The van der Waals surface area contributed by atoms with E-state index in [1.54, 1.807) is 17.0 Å². The van der Waals surface area contributed by atoms with Gasteiger partial charge in [-0.2, -0.15) is 0 Å². The minimum absolute atomic E-state index is 0. The minimum Gasteiger partial charge on any atom is -0.493 e. The van der Waals surface area contributed by atoms with E-state index in [4.69, 9.17) is 19.9 Å². The SMILES string of the molecule is COc1cc(NC(=O)CC(CN)OC)c(C(=O)N2CCCCC2)cc1OC.Cl. The van der Waals surface area contributed by atoms with E-state index in [1.165, 1.54) is 21.3 Å². The molecule has 1 aromatic carbocycles. The number of nitrogens with two attached hydrogens (primary N) is 1. The molecule has 158 valence electrons. The van der Waals surface area contributed by atoms with Gasteiger partial charge in [0.2, 0.25) is 5.91 Å². The van der Waals surface area contributed by atoms with Crippen LogP contribution in [0.15, 0.2) is 12.1 Å². The second kappa shape index (κ2) is 11.7. The second-order valence-corrected chi connectivity index (χ2v) is 6.45. The molecule has 0 radical (unpaired) electrons. The average Bonchev–Trinajstić information content (AvgIpc) is 2.71. The molecular formula is C19H30ClN3O5. The summed E-state index contributed by atoms with van der Waals surface area (Å²) in [4.78, 5) is 27.2. The predicted molar refractivity (Wildman–Crippen MR) is 110 cm³/mol. The van der Waals surface area contributed by atoms with E-state index in [9.17, 15) is 9.59 Å². The lowest BCUT2D eigenvalue weighted by molar-refractivity contribution is -0.118. The van der Waals surface area contributed by atoms with Crippen molar-refractivity contribution >= 4 is 29.9 Å². The summed E-state index contributed by atoms with van der Waals surface area (Å²) < 4.78 is 15.8. The summed E-state index contributed by atoms with van der Waals surface area (Å²) in [6, 6.07) is 3.22. The first-order chi connectivity index (χ1) is 13.0. The number of likely N-dealkylation sites (tertiary alicyclic amines) is 1. The lowest BCUT2D eigenvalue weighted by Gasteiger charge is -2.28. The van der Waals surface area contributed by atoms with Crippen molar-refractivity contribution < 1.29 is 23.8 Å². The Labute approximate surface area is 172 Å². The van der Waals surface area contributed by atoms with Crippen LogP contribution in [0.5, 0.6) is 11.5 Å². The molecule has 0 bridgehead atoms. The highest BCUT2D eigenvalue weighted by atomic mass is 35.5. The number of nitrogens with zero attached hydrogens (tertiary/aromatic N) is 1. The number of anilines is 1. The number of methoxy groups -OCH3 is 3. The first-order valence-corrected chi connectivity index (χ1v) is 9.12. The third-order valence-electron chi connectivity index (χ3n) is 4.68. The molecule has 1 aliphatic heterocycles. The van der Waals surface area contributed by atoms with E-state index in [0.29, 0.717) is 35.8 Å². The molecule has 1 aliphatic rings. The summed E-state index contributed by atoms with van der Waals surface area (Å²) in [5.74, 6) is 0.456. The molecular weight excluding hydrogens is 386 g/mol. The van der Waals surface area contributed by atoms with Gasteiger partial charge in [-0.1, -0.05) is 0 Å². The second-order valence-electron chi connectivity index (χ2n) is 6.45. The summed E-state index contributed by atoms with van der Waals surface area (Å²) in [5, 5.41) is 2.80. The Bertz CT molecular complexity index is 661. The number of hydrogen-bond donors (Lipinski definition) is 2. The monoisotopic (exact) mass is 415 g/mol. The average molecular weight is 416 g/mol. The van der Waals surface area contributed by atoms with Gasteiger partial charge in [-0.3, -0.25) is 9.59 Å². The Kier molecular flexibility index (Phi) is 10.1. The molecule has 2 rings (SSSR count). The van der Waals surface area contributed by atoms with Crippen LogP contribution >= 0.6 is 12.4 Å². The molecule has 1 heterocycles. The van der Waals surface area contributed by atoms with E-state index >= 15 is 0 Å². The zero-order valence-corrected chi connectivity index (χ0v) is 17.5. The van der Waals surface area contributed by atoms with E-state index in [2.05, 4.69) is 5.32 Å². The van der Waals surface area contributed by atoms with Crippen LogP contribution in [0.4, 0.5) is 5.69 Å². The number of hydrogen-bond acceptors (Lipinski definition) is 6. The van der Waals surface area contributed by atoms with Crippen molar-refractivity contribution in [1.82, 2.24) is 4.90 Å². The highest BCUT2D eigenvalue weighted by Crippen LogP contribution is 2.34. The van der Waals surface area contributed by atoms with Gasteiger partial charge in [0.05, 0.1) is 38.0 Å². The van der Waals surface area contributed by atoms with Gasteiger partial charge < -0.3 is 30.2 Å². The molecule has 3 N–H and O–H groups in total. The molecule has 1 saturated heterocycles. The van der Waals surface area contributed by atoms with Crippen LogP contribution in [0.3, 0.4) is 0 Å². The molecule has 1 aromatic rings. The largest absolute Gasteiger partial charge is 0.493 e. The lowest BCUT2D eigenvalue weighted by Crippen LogP contribution is -2.36. The number of ether oxygens (including phenoxy) is 3. The zero-order valence-electron chi connectivity index (χ0n) is 16.7. The van der Waals surface area contributed by atoms with E-state index in [1.807, 2.05) is 0 Å². The van der Waals surface area contributed by atoms with Gasteiger partial charge in [0.1, 0.15) is 0 Å². The minimum atomic E-state index is -0.383.